The standard InChI is InChI=1S/C9H18O6P/c1-3-14-16(11,15-4-2)7-13-9-5-8(10)6-12-9/h8,10H,3-7H2,1-2H3/t8-/m0/s1. The van der Waals surface area contributed by atoms with E-state index in [-0.39, 0.29) is 19.2 Å². The maximum atomic E-state index is 12.0. The van der Waals surface area contributed by atoms with Gasteiger partial charge < -0.3 is 23.6 Å². The lowest BCUT2D eigenvalue weighted by molar-refractivity contribution is -0.00592. The van der Waals surface area contributed by atoms with E-state index in [1.807, 2.05) is 0 Å². The summed E-state index contributed by atoms with van der Waals surface area (Å²) >= 11 is 0. The van der Waals surface area contributed by atoms with Crippen LogP contribution in [-0.4, -0.2) is 37.4 Å². The quantitative estimate of drug-likeness (QED) is 0.693. The second-order valence-corrected chi connectivity index (χ2v) is 5.26. The Morgan fingerprint density at radius 3 is 2.50 bits per heavy atom. The maximum Gasteiger partial charge on any atom is 0.356 e. The van der Waals surface area contributed by atoms with Crippen LogP contribution in [0.25, 0.3) is 0 Å². The Morgan fingerprint density at radius 2 is 2.06 bits per heavy atom. The summed E-state index contributed by atoms with van der Waals surface area (Å²) in [7, 11) is -3.20. The molecule has 0 aromatic rings. The van der Waals surface area contributed by atoms with Crippen LogP contribution in [0.1, 0.15) is 20.3 Å². The highest BCUT2D eigenvalue weighted by Gasteiger charge is 2.31. The summed E-state index contributed by atoms with van der Waals surface area (Å²) in [6, 6.07) is 0. The van der Waals surface area contributed by atoms with Crippen LogP contribution in [0, 0.1) is 6.29 Å². The fourth-order valence-electron chi connectivity index (χ4n) is 1.26. The summed E-state index contributed by atoms with van der Waals surface area (Å²) < 4.78 is 32.2. The Labute approximate surface area is 95.4 Å². The topological polar surface area (TPSA) is 74.2 Å². The van der Waals surface area contributed by atoms with Gasteiger partial charge in [-0.25, -0.2) is 0 Å². The molecule has 1 aliphatic heterocycles. The van der Waals surface area contributed by atoms with Crippen LogP contribution in [-0.2, 0) is 23.1 Å². The lowest BCUT2D eigenvalue weighted by Gasteiger charge is -2.18. The first-order valence-electron chi connectivity index (χ1n) is 5.27. The van der Waals surface area contributed by atoms with E-state index >= 15 is 0 Å². The van der Waals surface area contributed by atoms with Gasteiger partial charge in [-0.2, -0.15) is 0 Å². The van der Waals surface area contributed by atoms with E-state index in [1.54, 1.807) is 13.8 Å². The molecule has 1 rings (SSSR count). The molecule has 7 heteroatoms. The van der Waals surface area contributed by atoms with Crippen molar-refractivity contribution in [2.75, 3.05) is 26.2 Å². The molecule has 1 aliphatic rings. The number of hydrogen-bond donors (Lipinski definition) is 1. The average Bonchev–Trinajstić information content (AvgIpc) is 2.62. The molecule has 0 amide bonds. The van der Waals surface area contributed by atoms with Gasteiger partial charge in [0.2, 0.25) is 6.29 Å². The summed E-state index contributed by atoms with van der Waals surface area (Å²) in [4.78, 5) is 0. The lowest BCUT2D eigenvalue weighted by Crippen LogP contribution is -2.08. The van der Waals surface area contributed by atoms with Gasteiger partial charge in [0.25, 0.3) is 0 Å². The van der Waals surface area contributed by atoms with Crippen LogP contribution in [0.4, 0.5) is 0 Å². The molecule has 95 valence electrons. The predicted octanol–water partition coefficient (Wildman–Crippen LogP) is 1.50. The summed E-state index contributed by atoms with van der Waals surface area (Å²) in [5.41, 5.74) is 0. The lowest BCUT2D eigenvalue weighted by atomic mass is 10.3. The SMILES string of the molecule is CCOP(=O)(CO[C]1C[C@H](O)CO1)OCC. The molecule has 1 atom stereocenters. The molecule has 1 radical (unpaired) electrons. The normalized spacial score (nSPS) is 22.8. The minimum absolute atomic E-state index is 0.184. The van der Waals surface area contributed by atoms with Crippen molar-refractivity contribution in [3.63, 3.8) is 0 Å². The zero-order valence-electron chi connectivity index (χ0n) is 9.55. The highest BCUT2D eigenvalue weighted by Crippen LogP contribution is 2.48. The molecule has 1 fully saturated rings. The molecule has 0 spiro atoms. The number of aliphatic hydroxyl groups is 1. The smallest absolute Gasteiger partial charge is 0.356 e. The van der Waals surface area contributed by atoms with Gasteiger partial charge in [-0.1, -0.05) is 0 Å². The third-order valence-corrected chi connectivity index (χ3v) is 3.62. The van der Waals surface area contributed by atoms with E-state index in [0.717, 1.165) is 0 Å². The van der Waals surface area contributed by atoms with Gasteiger partial charge in [-0.05, 0) is 13.8 Å². The van der Waals surface area contributed by atoms with Crippen LogP contribution >= 0.6 is 7.60 Å². The van der Waals surface area contributed by atoms with Crippen LogP contribution < -0.4 is 0 Å². The molecule has 0 saturated carbocycles. The molecule has 0 aromatic heterocycles. The highest BCUT2D eigenvalue weighted by atomic mass is 31.2. The van der Waals surface area contributed by atoms with Crippen molar-refractivity contribution in [2.45, 2.75) is 26.4 Å². The van der Waals surface area contributed by atoms with Crippen LogP contribution in [0.2, 0.25) is 0 Å². The Hall–Kier alpha value is 0.0300. The largest absolute Gasteiger partial charge is 0.391 e. The van der Waals surface area contributed by atoms with Crippen molar-refractivity contribution in [1.82, 2.24) is 0 Å². The van der Waals surface area contributed by atoms with Gasteiger partial charge in [0.1, 0.15) is 0 Å². The molecule has 6 nitrogen and oxygen atoms in total. The Morgan fingerprint density at radius 1 is 1.44 bits per heavy atom. The van der Waals surface area contributed by atoms with E-state index in [9.17, 15) is 9.67 Å². The van der Waals surface area contributed by atoms with Gasteiger partial charge in [-0.3, -0.25) is 4.57 Å². The first-order valence-corrected chi connectivity index (χ1v) is 7.00. The molecule has 1 N–H and O–H groups in total. The molecular formula is C9H18O6P. The van der Waals surface area contributed by atoms with Gasteiger partial charge in [0, 0.05) is 6.42 Å². The minimum Gasteiger partial charge on any atom is -0.391 e. The number of aliphatic hydroxyl groups excluding tert-OH is 1. The molecule has 0 unspecified atom stereocenters. The molecule has 16 heavy (non-hydrogen) atoms. The third-order valence-electron chi connectivity index (χ3n) is 1.87. The Balaban J connectivity index is 2.34. The third kappa shape index (κ3) is 4.49. The maximum absolute atomic E-state index is 12.0. The summed E-state index contributed by atoms with van der Waals surface area (Å²) in [6.45, 7) is 4.26. The molecule has 0 aromatic carbocycles. The van der Waals surface area contributed by atoms with Gasteiger partial charge >= 0.3 is 7.60 Å². The van der Waals surface area contributed by atoms with Gasteiger partial charge in [-0.15, -0.1) is 0 Å². The Bertz CT molecular complexity index is 236. The molecule has 1 heterocycles. The van der Waals surface area contributed by atoms with Crippen molar-refractivity contribution in [3.8, 4) is 0 Å². The van der Waals surface area contributed by atoms with Crippen molar-refractivity contribution < 1.29 is 28.2 Å². The minimum atomic E-state index is -3.20. The van der Waals surface area contributed by atoms with E-state index in [0.29, 0.717) is 19.6 Å². The summed E-state index contributed by atoms with van der Waals surface area (Å²) in [5.74, 6) is 0. The molecule has 1 saturated heterocycles. The molecular weight excluding hydrogens is 235 g/mol. The molecule has 0 aliphatic carbocycles. The second kappa shape index (κ2) is 6.69. The van der Waals surface area contributed by atoms with Crippen molar-refractivity contribution >= 4 is 7.60 Å². The first kappa shape index (κ1) is 14.1. The zero-order valence-corrected chi connectivity index (χ0v) is 10.4. The van der Waals surface area contributed by atoms with Crippen LogP contribution in [0.5, 0.6) is 0 Å². The van der Waals surface area contributed by atoms with Crippen molar-refractivity contribution in [3.05, 3.63) is 6.29 Å². The first-order chi connectivity index (χ1) is 7.59. The average molecular weight is 253 g/mol. The van der Waals surface area contributed by atoms with E-state index in [4.69, 9.17) is 18.5 Å². The number of hydrogen-bond acceptors (Lipinski definition) is 6. The number of ether oxygens (including phenoxy) is 2. The molecule has 0 bridgehead atoms. The summed E-state index contributed by atoms with van der Waals surface area (Å²) in [5, 5.41) is 9.18. The van der Waals surface area contributed by atoms with E-state index < -0.39 is 13.7 Å². The predicted molar refractivity (Wildman–Crippen MR) is 56.6 cm³/mol. The van der Waals surface area contributed by atoms with Gasteiger partial charge in [0.15, 0.2) is 6.35 Å². The van der Waals surface area contributed by atoms with Crippen LogP contribution in [0.3, 0.4) is 0 Å². The van der Waals surface area contributed by atoms with Crippen molar-refractivity contribution in [1.29, 1.82) is 0 Å². The Kier molecular flexibility index (Phi) is 5.89. The monoisotopic (exact) mass is 253 g/mol. The van der Waals surface area contributed by atoms with Crippen molar-refractivity contribution in [2.24, 2.45) is 0 Å². The fourth-order valence-corrected chi connectivity index (χ4v) is 2.57. The van der Waals surface area contributed by atoms with E-state index in [1.165, 1.54) is 0 Å². The summed E-state index contributed by atoms with van der Waals surface area (Å²) in [6.07, 6.45) is -0.143. The number of rotatable bonds is 7. The second-order valence-electron chi connectivity index (χ2n) is 3.26. The van der Waals surface area contributed by atoms with Gasteiger partial charge in [0.05, 0.1) is 25.9 Å². The highest BCUT2D eigenvalue weighted by molar-refractivity contribution is 7.53. The van der Waals surface area contributed by atoms with Crippen LogP contribution in [0.15, 0.2) is 0 Å². The van der Waals surface area contributed by atoms with E-state index in [2.05, 4.69) is 0 Å². The fraction of sp³-hybridized carbons (Fsp3) is 0.889. The zero-order chi connectivity index (χ0) is 12.0.